The molecular weight excluding hydrogens is 214 g/mol. The first-order valence-electron chi connectivity index (χ1n) is 5.28. The predicted molar refractivity (Wildman–Crippen MR) is 53.8 cm³/mol. The van der Waals surface area contributed by atoms with Crippen molar-refractivity contribution in [2.45, 2.75) is 37.6 Å². The van der Waals surface area contributed by atoms with E-state index in [1.165, 1.54) is 6.92 Å². The molecule has 0 spiro atoms. The van der Waals surface area contributed by atoms with Gasteiger partial charge in [-0.15, -0.1) is 0 Å². The minimum Gasteiger partial charge on any atom is -0.364 e. The number of carbonyl (C=O) groups excluding carboxylic acids is 1. The lowest BCUT2D eigenvalue weighted by Gasteiger charge is -2.23. The quantitative estimate of drug-likeness (QED) is 0.499. The van der Waals surface area contributed by atoms with Crippen molar-refractivity contribution in [3.05, 3.63) is 0 Å². The van der Waals surface area contributed by atoms with E-state index in [4.69, 9.17) is 18.9 Å². The van der Waals surface area contributed by atoms with Crippen LogP contribution in [0.4, 0.5) is 0 Å². The van der Waals surface area contributed by atoms with Crippen LogP contribution < -0.4 is 5.32 Å². The summed E-state index contributed by atoms with van der Waals surface area (Å²) < 4.78 is 21.5. The Morgan fingerprint density at radius 3 is 2.56 bits per heavy atom. The van der Waals surface area contributed by atoms with Crippen LogP contribution in [-0.2, 0) is 23.7 Å². The van der Waals surface area contributed by atoms with Crippen LogP contribution in [0.5, 0.6) is 0 Å². The zero-order valence-electron chi connectivity index (χ0n) is 9.64. The summed E-state index contributed by atoms with van der Waals surface area (Å²) in [5, 5.41) is 2.71. The second-order valence-electron chi connectivity index (χ2n) is 3.98. The Bertz CT molecular complexity index is 268. The molecule has 2 saturated heterocycles. The van der Waals surface area contributed by atoms with E-state index >= 15 is 0 Å². The fourth-order valence-electron chi connectivity index (χ4n) is 2.05. The van der Waals surface area contributed by atoms with Crippen molar-refractivity contribution < 1.29 is 23.7 Å². The van der Waals surface area contributed by atoms with Crippen molar-refractivity contribution in [2.75, 3.05) is 20.8 Å². The molecule has 2 fully saturated rings. The molecule has 1 N–H and O–H groups in total. The molecule has 2 aliphatic heterocycles. The number of hydrogen-bond acceptors (Lipinski definition) is 5. The van der Waals surface area contributed by atoms with Gasteiger partial charge in [0.25, 0.3) is 0 Å². The number of methoxy groups -OCH3 is 2. The molecule has 0 radical (unpaired) electrons. The molecular formula is C10H17NO5. The van der Waals surface area contributed by atoms with Crippen molar-refractivity contribution in [3.63, 3.8) is 0 Å². The second kappa shape index (κ2) is 4.67. The molecule has 6 nitrogen and oxygen atoms in total. The highest BCUT2D eigenvalue weighted by molar-refractivity contribution is 5.72. The normalized spacial score (nSPS) is 36.2. The minimum absolute atomic E-state index is 0.0312. The van der Waals surface area contributed by atoms with Gasteiger partial charge in [0.05, 0.1) is 0 Å². The van der Waals surface area contributed by atoms with Gasteiger partial charge in [-0.3, -0.25) is 4.79 Å². The molecule has 0 saturated carbocycles. The molecule has 6 heteroatoms. The highest BCUT2D eigenvalue weighted by Crippen LogP contribution is 2.40. The second-order valence-corrected chi connectivity index (χ2v) is 3.98. The first kappa shape index (κ1) is 11.8. The van der Waals surface area contributed by atoms with Crippen LogP contribution in [-0.4, -0.2) is 57.4 Å². The lowest BCUT2D eigenvalue weighted by atomic mass is 10.2. The van der Waals surface area contributed by atoms with Gasteiger partial charge in [0.15, 0.2) is 6.29 Å². The Kier molecular flexibility index (Phi) is 3.44. The third-order valence-corrected chi connectivity index (χ3v) is 2.87. The summed E-state index contributed by atoms with van der Waals surface area (Å²) in [6.07, 6.45) is -0.643. The average Bonchev–Trinajstić information content (AvgIpc) is 2.96. The summed E-state index contributed by atoms with van der Waals surface area (Å²) in [6.45, 7) is 1.94. The Morgan fingerprint density at radius 2 is 2.00 bits per heavy atom. The van der Waals surface area contributed by atoms with Crippen LogP contribution in [0.15, 0.2) is 0 Å². The maximum absolute atomic E-state index is 10.8. The highest BCUT2D eigenvalue weighted by atomic mass is 16.7. The average molecular weight is 231 g/mol. The number of epoxide rings is 1. The molecule has 0 bridgehead atoms. The Morgan fingerprint density at radius 1 is 1.31 bits per heavy atom. The minimum atomic E-state index is -0.419. The standard InChI is InChI=1S/C10H17NO5/c1-5(12)11-4-6-7-8(16-7)9(15-6)10(13-2)14-3/h6-10H,4H2,1-3H3,(H,11,12)/t6-,7+,8+,9+/m0/s1. The summed E-state index contributed by atoms with van der Waals surface area (Å²) in [5.41, 5.74) is 0. The fraction of sp³-hybridized carbons (Fsp3) is 0.900. The summed E-state index contributed by atoms with van der Waals surface area (Å²) in [7, 11) is 3.13. The molecule has 0 aromatic carbocycles. The molecule has 0 unspecified atom stereocenters. The number of rotatable bonds is 5. The Labute approximate surface area is 94.2 Å². The summed E-state index contributed by atoms with van der Waals surface area (Å²) in [4.78, 5) is 10.8. The van der Waals surface area contributed by atoms with Gasteiger partial charge in [-0.25, -0.2) is 0 Å². The van der Waals surface area contributed by atoms with Crippen molar-refractivity contribution >= 4 is 5.91 Å². The molecule has 2 heterocycles. The van der Waals surface area contributed by atoms with E-state index in [0.717, 1.165) is 0 Å². The van der Waals surface area contributed by atoms with E-state index in [0.29, 0.717) is 6.54 Å². The third-order valence-electron chi connectivity index (χ3n) is 2.87. The largest absolute Gasteiger partial charge is 0.364 e. The van der Waals surface area contributed by atoms with Crippen LogP contribution in [0.1, 0.15) is 6.92 Å². The molecule has 4 atom stereocenters. The summed E-state index contributed by atoms with van der Waals surface area (Å²) >= 11 is 0. The van der Waals surface area contributed by atoms with Gasteiger partial charge in [0.2, 0.25) is 5.91 Å². The summed E-state index contributed by atoms with van der Waals surface area (Å²) in [6, 6.07) is 0. The SMILES string of the molecule is COC(OC)[C@@H]1O[C@@H](CNC(C)=O)[C@H]2O[C@H]21. The fourth-order valence-corrected chi connectivity index (χ4v) is 2.05. The molecule has 2 aliphatic rings. The van der Waals surface area contributed by atoms with Gasteiger partial charge in [-0.2, -0.15) is 0 Å². The van der Waals surface area contributed by atoms with Gasteiger partial charge in [0.1, 0.15) is 24.4 Å². The van der Waals surface area contributed by atoms with Crippen LogP contribution >= 0.6 is 0 Å². The molecule has 16 heavy (non-hydrogen) atoms. The maximum Gasteiger partial charge on any atom is 0.216 e. The zero-order chi connectivity index (χ0) is 11.7. The van der Waals surface area contributed by atoms with Gasteiger partial charge in [-0.05, 0) is 0 Å². The lowest BCUT2D eigenvalue weighted by Crippen LogP contribution is -2.38. The smallest absolute Gasteiger partial charge is 0.216 e. The molecule has 2 rings (SSSR count). The predicted octanol–water partition coefficient (Wildman–Crippen LogP) is -0.724. The number of carbonyl (C=O) groups is 1. The molecule has 0 aromatic rings. The molecule has 92 valence electrons. The molecule has 1 amide bonds. The number of fused-ring (bicyclic) bond motifs is 1. The monoisotopic (exact) mass is 231 g/mol. The number of amides is 1. The van der Waals surface area contributed by atoms with Crippen LogP contribution in [0.25, 0.3) is 0 Å². The topological polar surface area (TPSA) is 69.3 Å². The molecule has 0 aromatic heterocycles. The first-order chi connectivity index (χ1) is 7.67. The first-order valence-corrected chi connectivity index (χ1v) is 5.28. The van der Waals surface area contributed by atoms with E-state index in [1.54, 1.807) is 14.2 Å². The molecule has 0 aliphatic carbocycles. The highest BCUT2D eigenvalue weighted by Gasteiger charge is 2.60. The van der Waals surface area contributed by atoms with E-state index in [9.17, 15) is 4.79 Å². The Hall–Kier alpha value is -0.690. The van der Waals surface area contributed by atoms with Crippen molar-refractivity contribution in [3.8, 4) is 0 Å². The van der Waals surface area contributed by atoms with Gasteiger partial charge in [0, 0.05) is 27.7 Å². The van der Waals surface area contributed by atoms with E-state index in [1.807, 2.05) is 0 Å². The van der Waals surface area contributed by atoms with E-state index < -0.39 is 6.29 Å². The third kappa shape index (κ3) is 2.20. The van der Waals surface area contributed by atoms with E-state index in [2.05, 4.69) is 5.32 Å². The van der Waals surface area contributed by atoms with Crippen molar-refractivity contribution in [2.24, 2.45) is 0 Å². The van der Waals surface area contributed by atoms with Gasteiger partial charge >= 0.3 is 0 Å². The van der Waals surface area contributed by atoms with Crippen LogP contribution in [0.2, 0.25) is 0 Å². The van der Waals surface area contributed by atoms with Crippen molar-refractivity contribution in [1.82, 2.24) is 5.32 Å². The Balaban J connectivity index is 1.85. The maximum atomic E-state index is 10.8. The van der Waals surface area contributed by atoms with Crippen LogP contribution in [0, 0.1) is 0 Å². The lowest BCUT2D eigenvalue weighted by molar-refractivity contribution is -0.194. The van der Waals surface area contributed by atoms with Crippen LogP contribution in [0.3, 0.4) is 0 Å². The van der Waals surface area contributed by atoms with Gasteiger partial charge in [-0.1, -0.05) is 0 Å². The number of ether oxygens (including phenoxy) is 4. The van der Waals surface area contributed by atoms with Gasteiger partial charge < -0.3 is 24.3 Å². The van der Waals surface area contributed by atoms with Crippen molar-refractivity contribution in [1.29, 1.82) is 0 Å². The number of hydrogen-bond donors (Lipinski definition) is 1. The summed E-state index contributed by atoms with van der Waals surface area (Å²) in [5.74, 6) is -0.0701. The zero-order valence-corrected chi connectivity index (χ0v) is 9.64. The number of nitrogens with one attached hydrogen (secondary N) is 1. The van der Waals surface area contributed by atoms with E-state index in [-0.39, 0.29) is 30.3 Å².